The lowest BCUT2D eigenvalue weighted by Gasteiger charge is -2.31. The van der Waals surface area contributed by atoms with Gasteiger partial charge >= 0.3 is 17.9 Å². The zero-order chi connectivity index (χ0) is 37.4. The second kappa shape index (κ2) is 20.9. The summed E-state index contributed by atoms with van der Waals surface area (Å²) in [5.74, 6) is -8.82. The summed E-state index contributed by atoms with van der Waals surface area (Å²) < 4.78 is 0. The SMILES string of the molecule is CC[C@H](C)[C@H](NC(=O)[C@@H]1CCCN1)C(=O)N[C@H](C(=O)N[C@H](C(=O)N[C@@H](CCC(=O)O)C(=O)N[C@@H](CCC(=O)O)C(=O)O)C(C)C)[C@@H](C)CC. The fourth-order valence-corrected chi connectivity index (χ4v) is 5.18. The molecule has 0 aromatic heterocycles. The van der Waals surface area contributed by atoms with Gasteiger partial charge in [-0.15, -0.1) is 0 Å². The number of carbonyl (C=O) groups excluding carboxylic acids is 5. The Bertz CT molecular complexity index is 1190. The van der Waals surface area contributed by atoms with Crippen molar-refractivity contribution in [2.24, 2.45) is 17.8 Å². The number of nitrogens with one attached hydrogen (secondary N) is 6. The van der Waals surface area contributed by atoms with Crippen LogP contribution in [0.3, 0.4) is 0 Å². The summed E-state index contributed by atoms with van der Waals surface area (Å²) in [4.78, 5) is 100. The van der Waals surface area contributed by atoms with Gasteiger partial charge in [-0.05, 0) is 50.0 Å². The van der Waals surface area contributed by atoms with Gasteiger partial charge in [0.1, 0.15) is 30.2 Å². The Hall–Kier alpha value is -4.28. The van der Waals surface area contributed by atoms with Gasteiger partial charge in [0.2, 0.25) is 29.5 Å². The van der Waals surface area contributed by atoms with E-state index in [1.54, 1.807) is 20.8 Å². The quantitative estimate of drug-likeness (QED) is 0.0707. The highest BCUT2D eigenvalue weighted by molar-refractivity contribution is 5.96. The van der Waals surface area contributed by atoms with E-state index < -0.39 is 115 Å². The van der Waals surface area contributed by atoms with Crippen LogP contribution < -0.4 is 31.9 Å². The van der Waals surface area contributed by atoms with Gasteiger partial charge in [0, 0.05) is 12.8 Å². The molecule has 1 heterocycles. The lowest BCUT2D eigenvalue weighted by atomic mass is 9.94. The van der Waals surface area contributed by atoms with Gasteiger partial charge in [-0.2, -0.15) is 0 Å². The molecule has 0 spiro atoms. The molecule has 1 aliphatic rings. The highest BCUT2D eigenvalue weighted by atomic mass is 16.4. The van der Waals surface area contributed by atoms with Crippen molar-refractivity contribution in [2.45, 2.75) is 129 Å². The number of hydrogen-bond donors (Lipinski definition) is 9. The maximum Gasteiger partial charge on any atom is 0.326 e. The van der Waals surface area contributed by atoms with Gasteiger partial charge in [-0.1, -0.05) is 54.4 Å². The van der Waals surface area contributed by atoms with E-state index in [1.165, 1.54) is 0 Å². The number of hydrogen-bond acceptors (Lipinski definition) is 9. The summed E-state index contributed by atoms with van der Waals surface area (Å²) in [5, 5.41) is 43.4. The number of aliphatic carboxylic acids is 3. The molecule has 1 fully saturated rings. The largest absolute Gasteiger partial charge is 0.481 e. The van der Waals surface area contributed by atoms with Crippen molar-refractivity contribution in [1.29, 1.82) is 0 Å². The molecule has 0 aliphatic carbocycles. The first-order valence-electron chi connectivity index (χ1n) is 16.8. The van der Waals surface area contributed by atoms with E-state index in [0.29, 0.717) is 25.8 Å². The number of carboxylic acid groups (broad SMARTS) is 3. The van der Waals surface area contributed by atoms with Gasteiger partial charge in [0.05, 0.1) is 6.04 Å². The molecule has 17 heteroatoms. The molecule has 0 unspecified atom stereocenters. The van der Waals surface area contributed by atoms with Gasteiger partial charge in [0.25, 0.3) is 0 Å². The van der Waals surface area contributed by atoms with Crippen molar-refractivity contribution < 1.29 is 53.7 Å². The van der Waals surface area contributed by atoms with Gasteiger partial charge < -0.3 is 47.2 Å². The standard InChI is InChI=1S/C32H54N6O11/c1-7-17(5)25(37-27(43)19-10-9-15-33-19)31(47)38-26(18(6)8-2)30(46)36-24(16(3)4)29(45)34-20(11-13-22(39)40)28(44)35-21(32(48)49)12-14-23(41)42/h16-21,24-26,33H,7-15H2,1-6H3,(H,34,45)(H,35,44)(H,36,46)(H,37,43)(H,38,47)(H,39,40)(H,41,42)(H,48,49)/t17-,18-,19-,20-,21-,24-,25-,26-/m0/s1. The summed E-state index contributed by atoms with van der Waals surface area (Å²) >= 11 is 0. The summed E-state index contributed by atoms with van der Waals surface area (Å²) in [7, 11) is 0. The first-order chi connectivity index (χ1) is 22.9. The van der Waals surface area contributed by atoms with Crippen molar-refractivity contribution in [2.75, 3.05) is 6.54 Å². The minimum Gasteiger partial charge on any atom is -0.481 e. The van der Waals surface area contributed by atoms with E-state index >= 15 is 0 Å². The molecular weight excluding hydrogens is 644 g/mol. The molecule has 1 rings (SSSR count). The highest BCUT2D eigenvalue weighted by Gasteiger charge is 2.37. The van der Waals surface area contributed by atoms with Crippen molar-refractivity contribution in [3.05, 3.63) is 0 Å². The lowest BCUT2D eigenvalue weighted by molar-refractivity contribution is -0.144. The summed E-state index contributed by atoms with van der Waals surface area (Å²) in [5.41, 5.74) is 0. The summed E-state index contributed by atoms with van der Waals surface area (Å²) in [6.45, 7) is 11.2. The van der Waals surface area contributed by atoms with Gasteiger partial charge in [-0.3, -0.25) is 33.6 Å². The highest BCUT2D eigenvalue weighted by Crippen LogP contribution is 2.15. The maximum atomic E-state index is 13.7. The zero-order valence-corrected chi connectivity index (χ0v) is 29.2. The van der Waals surface area contributed by atoms with Gasteiger partial charge in [0.15, 0.2) is 0 Å². The molecule has 8 atom stereocenters. The van der Waals surface area contributed by atoms with E-state index in [-0.39, 0.29) is 11.8 Å². The van der Waals surface area contributed by atoms with Gasteiger partial charge in [-0.25, -0.2) is 4.79 Å². The fourth-order valence-electron chi connectivity index (χ4n) is 5.18. The first-order valence-corrected chi connectivity index (χ1v) is 16.8. The van der Waals surface area contributed by atoms with Crippen LogP contribution in [-0.2, 0) is 38.4 Å². The molecule has 0 bridgehead atoms. The molecule has 1 saturated heterocycles. The number of carbonyl (C=O) groups is 8. The van der Waals surface area contributed by atoms with Crippen LogP contribution in [-0.4, -0.2) is 106 Å². The zero-order valence-electron chi connectivity index (χ0n) is 29.2. The van der Waals surface area contributed by atoms with Crippen molar-refractivity contribution >= 4 is 47.4 Å². The Morgan fingerprint density at radius 1 is 0.633 bits per heavy atom. The molecule has 0 radical (unpaired) electrons. The molecule has 0 aromatic carbocycles. The molecule has 278 valence electrons. The van der Waals surface area contributed by atoms with E-state index in [2.05, 4.69) is 31.9 Å². The molecule has 5 amide bonds. The smallest absolute Gasteiger partial charge is 0.326 e. The van der Waals surface area contributed by atoms with E-state index in [0.717, 1.165) is 6.42 Å². The Balaban J connectivity index is 3.19. The van der Waals surface area contributed by atoms with Crippen molar-refractivity contribution in [3.8, 4) is 0 Å². The average Bonchev–Trinajstić information content (AvgIpc) is 3.58. The third-order valence-electron chi connectivity index (χ3n) is 8.75. The number of rotatable bonds is 22. The minimum atomic E-state index is -1.62. The molecule has 9 N–H and O–H groups in total. The third kappa shape index (κ3) is 14.4. The normalized spacial score (nSPS) is 18.5. The lowest BCUT2D eigenvalue weighted by Crippen LogP contribution is -2.62. The van der Waals surface area contributed by atoms with Crippen molar-refractivity contribution in [1.82, 2.24) is 31.9 Å². The number of carboxylic acids is 3. The van der Waals surface area contributed by atoms with E-state index in [1.807, 2.05) is 20.8 Å². The second-order valence-electron chi connectivity index (χ2n) is 12.9. The Morgan fingerprint density at radius 2 is 1.08 bits per heavy atom. The predicted octanol–water partition coefficient (Wildman–Crippen LogP) is -0.275. The first kappa shape index (κ1) is 42.7. The van der Waals surface area contributed by atoms with Crippen molar-refractivity contribution in [3.63, 3.8) is 0 Å². The van der Waals surface area contributed by atoms with E-state index in [4.69, 9.17) is 5.11 Å². The molecule has 49 heavy (non-hydrogen) atoms. The summed E-state index contributed by atoms with van der Waals surface area (Å²) in [6, 6.07) is -6.88. The topological polar surface area (TPSA) is 269 Å². The predicted molar refractivity (Wildman–Crippen MR) is 176 cm³/mol. The average molecular weight is 699 g/mol. The van der Waals surface area contributed by atoms with Crippen LogP contribution in [0.5, 0.6) is 0 Å². The van der Waals surface area contributed by atoms with Crippen LogP contribution in [0.2, 0.25) is 0 Å². The van der Waals surface area contributed by atoms with Crippen LogP contribution in [0.25, 0.3) is 0 Å². The van der Waals surface area contributed by atoms with Crippen LogP contribution in [0.1, 0.15) is 92.9 Å². The Labute approximate surface area is 286 Å². The molecule has 0 aromatic rings. The monoisotopic (exact) mass is 698 g/mol. The molecule has 1 aliphatic heterocycles. The Kier molecular flexibility index (Phi) is 18.3. The minimum absolute atomic E-state index is 0.265. The third-order valence-corrected chi connectivity index (χ3v) is 8.75. The summed E-state index contributed by atoms with van der Waals surface area (Å²) in [6.07, 6.45) is 0.478. The maximum absolute atomic E-state index is 13.7. The second-order valence-corrected chi connectivity index (χ2v) is 12.9. The van der Waals surface area contributed by atoms with E-state index in [9.17, 15) is 48.6 Å². The van der Waals surface area contributed by atoms with Crippen LogP contribution >= 0.6 is 0 Å². The Morgan fingerprint density at radius 3 is 1.51 bits per heavy atom. The molecular formula is C32H54N6O11. The fraction of sp³-hybridized carbons (Fsp3) is 0.750. The number of amides is 5. The van der Waals surface area contributed by atoms with Crippen LogP contribution in [0, 0.1) is 17.8 Å². The molecule has 17 nitrogen and oxygen atoms in total. The molecule has 0 saturated carbocycles. The van der Waals surface area contributed by atoms with Crippen LogP contribution in [0.4, 0.5) is 0 Å². The van der Waals surface area contributed by atoms with Crippen LogP contribution in [0.15, 0.2) is 0 Å².